The van der Waals surface area contributed by atoms with Crippen molar-refractivity contribution >= 4 is 34.8 Å². The molecule has 0 heterocycles. The summed E-state index contributed by atoms with van der Waals surface area (Å²) in [7, 11) is 0. The lowest BCUT2D eigenvalue weighted by Gasteiger charge is -2.13. The van der Waals surface area contributed by atoms with Crippen LogP contribution in [0.1, 0.15) is 34.6 Å². The molecule has 136 valence electrons. The Morgan fingerprint density at radius 2 is 1.69 bits per heavy atom. The lowest BCUT2D eigenvalue weighted by atomic mass is 10.1. The summed E-state index contributed by atoms with van der Waals surface area (Å²) in [6.45, 7) is 4.82. The Balaban J connectivity index is 2.02. The highest BCUT2D eigenvalue weighted by molar-refractivity contribution is 7.80. The van der Waals surface area contributed by atoms with Gasteiger partial charge in [0.2, 0.25) is 0 Å². The molecule has 0 aliphatic carbocycles. The van der Waals surface area contributed by atoms with Crippen LogP contribution in [0.5, 0.6) is 5.75 Å². The molecule has 2 aromatic carbocycles. The highest BCUT2D eigenvalue weighted by Gasteiger charge is 2.13. The fourth-order valence-electron chi connectivity index (χ4n) is 2.24. The van der Waals surface area contributed by atoms with E-state index in [0.29, 0.717) is 35.7 Å². The molecule has 0 aliphatic rings. The van der Waals surface area contributed by atoms with Gasteiger partial charge in [-0.3, -0.25) is 14.9 Å². The first-order valence-corrected chi connectivity index (χ1v) is 8.68. The summed E-state index contributed by atoms with van der Waals surface area (Å²) in [5.74, 6) is 0.137. The second-order valence-corrected chi connectivity index (χ2v) is 5.68. The van der Waals surface area contributed by atoms with Gasteiger partial charge in [0.05, 0.1) is 17.9 Å². The molecular formula is C19H21N3O3S. The molecule has 0 unspecified atom stereocenters. The first-order chi connectivity index (χ1) is 12.5. The van der Waals surface area contributed by atoms with Crippen molar-refractivity contribution in [1.29, 1.82) is 0 Å². The third kappa shape index (κ3) is 5.29. The lowest BCUT2D eigenvalue weighted by molar-refractivity contribution is 0.0954. The number of hydrogen-bond acceptors (Lipinski definition) is 4. The van der Waals surface area contributed by atoms with Crippen molar-refractivity contribution < 1.29 is 14.3 Å². The van der Waals surface area contributed by atoms with E-state index in [-0.39, 0.29) is 16.9 Å². The molecule has 26 heavy (non-hydrogen) atoms. The zero-order chi connectivity index (χ0) is 18.9. The molecule has 0 aliphatic heterocycles. The fraction of sp³-hybridized carbons (Fsp3) is 0.211. The van der Waals surface area contributed by atoms with Crippen molar-refractivity contribution in [2.75, 3.05) is 18.5 Å². The molecule has 6 nitrogen and oxygen atoms in total. The maximum atomic E-state index is 12.3. The van der Waals surface area contributed by atoms with Gasteiger partial charge in [-0.05, 0) is 62.5 Å². The van der Waals surface area contributed by atoms with E-state index >= 15 is 0 Å². The number of carbonyl (C=O) groups excluding carboxylic acids is 2. The lowest BCUT2D eigenvalue weighted by Crippen LogP contribution is -2.35. The maximum absolute atomic E-state index is 12.3. The van der Waals surface area contributed by atoms with E-state index in [4.69, 9.17) is 17.0 Å². The predicted molar refractivity (Wildman–Crippen MR) is 106 cm³/mol. The average molecular weight is 371 g/mol. The summed E-state index contributed by atoms with van der Waals surface area (Å²) in [4.78, 5) is 24.4. The molecule has 0 radical (unpaired) electrons. The number of anilines is 1. The number of amides is 2. The second-order valence-electron chi connectivity index (χ2n) is 5.27. The van der Waals surface area contributed by atoms with Gasteiger partial charge in [0.1, 0.15) is 5.75 Å². The molecule has 2 amide bonds. The molecule has 2 aromatic rings. The molecule has 0 bridgehead atoms. The van der Waals surface area contributed by atoms with E-state index in [2.05, 4.69) is 16.0 Å². The number of para-hydroxylation sites is 1. The van der Waals surface area contributed by atoms with Crippen LogP contribution in [-0.4, -0.2) is 30.1 Å². The van der Waals surface area contributed by atoms with E-state index in [0.717, 1.165) is 0 Å². The normalized spacial score (nSPS) is 9.92. The van der Waals surface area contributed by atoms with Gasteiger partial charge in [-0.15, -0.1) is 0 Å². The molecule has 0 spiro atoms. The van der Waals surface area contributed by atoms with Crippen LogP contribution >= 0.6 is 12.2 Å². The Bertz CT molecular complexity index is 791. The quantitative estimate of drug-likeness (QED) is 0.681. The summed E-state index contributed by atoms with van der Waals surface area (Å²) < 4.78 is 5.35. The number of nitrogens with one attached hydrogen (secondary N) is 3. The predicted octanol–water partition coefficient (Wildman–Crippen LogP) is 2.96. The highest BCUT2D eigenvalue weighted by atomic mass is 32.1. The van der Waals surface area contributed by atoms with Crippen LogP contribution in [0.2, 0.25) is 0 Å². The van der Waals surface area contributed by atoms with Crippen LogP contribution in [-0.2, 0) is 0 Å². The van der Waals surface area contributed by atoms with Gasteiger partial charge in [-0.1, -0.05) is 12.1 Å². The van der Waals surface area contributed by atoms with Crippen molar-refractivity contribution in [3.63, 3.8) is 0 Å². The second kappa shape index (κ2) is 9.53. The van der Waals surface area contributed by atoms with Crippen molar-refractivity contribution in [3.8, 4) is 5.75 Å². The third-order valence-corrected chi connectivity index (χ3v) is 3.62. The van der Waals surface area contributed by atoms with Gasteiger partial charge in [0.15, 0.2) is 5.11 Å². The number of thiocarbonyl (C=S) groups is 1. The minimum Gasteiger partial charge on any atom is -0.494 e. The van der Waals surface area contributed by atoms with Crippen molar-refractivity contribution in [2.24, 2.45) is 0 Å². The summed E-state index contributed by atoms with van der Waals surface area (Å²) in [6, 6.07) is 13.7. The third-order valence-electron chi connectivity index (χ3n) is 3.41. The monoisotopic (exact) mass is 371 g/mol. The van der Waals surface area contributed by atoms with Gasteiger partial charge >= 0.3 is 0 Å². The standard InChI is InChI=1S/C19H21N3O3S/c1-3-20-18(24)15-7-5-6-8-16(15)21-19(26)22-17(23)13-9-11-14(12-10-13)25-4-2/h5-12H,3-4H2,1-2H3,(H,20,24)(H2,21,22,23,26). The molecular weight excluding hydrogens is 350 g/mol. The number of rotatable bonds is 6. The SMILES string of the molecule is CCNC(=O)c1ccccc1NC(=S)NC(=O)c1ccc(OCC)cc1. The number of ether oxygens (including phenoxy) is 1. The van der Waals surface area contributed by atoms with E-state index in [9.17, 15) is 9.59 Å². The smallest absolute Gasteiger partial charge is 0.257 e. The van der Waals surface area contributed by atoms with Crippen molar-refractivity contribution in [3.05, 3.63) is 59.7 Å². The summed E-state index contributed by atoms with van der Waals surface area (Å²) in [5.41, 5.74) is 1.43. The summed E-state index contributed by atoms with van der Waals surface area (Å²) >= 11 is 5.19. The van der Waals surface area contributed by atoms with E-state index in [1.807, 2.05) is 13.8 Å². The first kappa shape index (κ1) is 19.4. The number of benzene rings is 2. The van der Waals surface area contributed by atoms with Gasteiger partial charge in [-0.25, -0.2) is 0 Å². The van der Waals surface area contributed by atoms with Crippen LogP contribution in [0.15, 0.2) is 48.5 Å². The Kier molecular flexibility index (Phi) is 7.11. The molecule has 0 aromatic heterocycles. The fourth-order valence-corrected chi connectivity index (χ4v) is 2.45. The van der Waals surface area contributed by atoms with Crippen LogP contribution in [0.4, 0.5) is 5.69 Å². The topological polar surface area (TPSA) is 79.5 Å². The van der Waals surface area contributed by atoms with E-state index < -0.39 is 0 Å². The molecule has 3 N–H and O–H groups in total. The van der Waals surface area contributed by atoms with Gasteiger partial charge in [0.25, 0.3) is 11.8 Å². The van der Waals surface area contributed by atoms with Crippen LogP contribution in [0.25, 0.3) is 0 Å². The molecule has 0 fully saturated rings. The summed E-state index contributed by atoms with van der Waals surface area (Å²) in [5, 5.41) is 8.35. The Morgan fingerprint density at radius 1 is 1.00 bits per heavy atom. The molecule has 2 rings (SSSR count). The van der Waals surface area contributed by atoms with Crippen molar-refractivity contribution in [1.82, 2.24) is 10.6 Å². The van der Waals surface area contributed by atoms with Crippen LogP contribution < -0.4 is 20.7 Å². The Hall–Kier alpha value is -2.93. The molecule has 0 saturated heterocycles. The Morgan fingerprint density at radius 3 is 2.35 bits per heavy atom. The van der Waals surface area contributed by atoms with Crippen molar-refractivity contribution in [2.45, 2.75) is 13.8 Å². The zero-order valence-electron chi connectivity index (χ0n) is 14.7. The van der Waals surface area contributed by atoms with Crippen LogP contribution in [0, 0.1) is 0 Å². The van der Waals surface area contributed by atoms with Gasteiger partial charge < -0.3 is 15.4 Å². The summed E-state index contributed by atoms with van der Waals surface area (Å²) in [6.07, 6.45) is 0. The minimum atomic E-state index is -0.346. The molecule has 7 heteroatoms. The van der Waals surface area contributed by atoms with Gasteiger partial charge in [-0.2, -0.15) is 0 Å². The van der Waals surface area contributed by atoms with E-state index in [1.54, 1.807) is 48.5 Å². The first-order valence-electron chi connectivity index (χ1n) is 8.27. The average Bonchev–Trinajstić information content (AvgIpc) is 2.63. The molecule has 0 saturated carbocycles. The zero-order valence-corrected chi connectivity index (χ0v) is 15.5. The highest BCUT2D eigenvalue weighted by Crippen LogP contribution is 2.15. The minimum absolute atomic E-state index is 0.112. The largest absolute Gasteiger partial charge is 0.494 e. The molecule has 0 atom stereocenters. The maximum Gasteiger partial charge on any atom is 0.257 e. The van der Waals surface area contributed by atoms with E-state index in [1.165, 1.54) is 0 Å². The van der Waals surface area contributed by atoms with Crippen LogP contribution in [0.3, 0.4) is 0 Å². The number of carbonyl (C=O) groups is 2. The Labute approximate surface area is 157 Å². The van der Waals surface area contributed by atoms with Gasteiger partial charge in [0, 0.05) is 12.1 Å². The number of hydrogen-bond donors (Lipinski definition) is 3.